The lowest BCUT2D eigenvalue weighted by Gasteiger charge is -2.00. The van der Waals surface area contributed by atoms with Crippen molar-refractivity contribution in [1.82, 2.24) is 0 Å². The van der Waals surface area contributed by atoms with Gasteiger partial charge in [0.2, 0.25) is 5.24 Å². The number of ether oxygens (including phenoxy) is 1. The van der Waals surface area contributed by atoms with E-state index >= 15 is 0 Å². The smallest absolute Gasteiger partial charge is 0.226 e. The molecule has 0 radical (unpaired) electrons. The topological polar surface area (TPSA) is 26.3 Å². The third-order valence-electron chi connectivity index (χ3n) is 2.10. The van der Waals surface area contributed by atoms with Crippen LogP contribution in [0.5, 0.6) is 5.75 Å². The predicted octanol–water partition coefficient (Wildman–Crippen LogP) is 1.93. The number of rotatable bonds is 2. The van der Waals surface area contributed by atoms with Crippen molar-refractivity contribution < 1.29 is 9.53 Å². The van der Waals surface area contributed by atoms with Gasteiger partial charge in [0.15, 0.2) is 0 Å². The monoisotopic (exact) mass is 196 g/mol. The van der Waals surface area contributed by atoms with Crippen molar-refractivity contribution in [2.45, 2.75) is 12.8 Å². The van der Waals surface area contributed by atoms with Crippen molar-refractivity contribution in [3.63, 3.8) is 0 Å². The van der Waals surface area contributed by atoms with Crippen molar-refractivity contribution in [3.05, 3.63) is 29.3 Å². The van der Waals surface area contributed by atoms with Crippen LogP contribution >= 0.6 is 11.6 Å². The number of benzene rings is 1. The molecule has 0 aliphatic carbocycles. The molecule has 1 aromatic carbocycles. The zero-order valence-corrected chi connectivity index (χ0v) is 7.80. The molecule has 68 valence electrons. The number of carbonyl (C=O) groups is 1. The number of fused-ring (bicyclic) bond motifs is 1. The summed E-state index contributed by atoms with van der Waals surface area (Å²) in [4.78, 5) is 10.6. The average Bonchev–Trinajstić information content (AvgIpc) is 2.49. The maximum Gasteiger partial charge on any atom is 0.226 e. The Morgan fingerprint density at radius 3 is 3.15 bits per heavy atom. The van der Waals surface area contributed by atoms with E-state index in [0.29, 0.717) is 6.42 Å². The zero-order chi connectivity index (χ0) is 9.26. The van der Waals surface area contributed by atoms with Gasteiger partial charge in [0.25, 0.3) is 0 Å². The fourth-order valence-electron chi connectivity index (χ4n) is 1.51. The first-order valence-corrected chi connectivity index (χ1v) is 4.56. The van der Waals surface area contributed by atoms with Crippen LogP contribution in [-0.2, 0) is 17.6 Å². The van der Waals surface area contributed by atoms with Gasteiger partial charge in [0.1, 0.15) is 5.75 Å². The van der Waals surface area contributed by atoms with Gasteiger partial charge in [-0.05, 0) is 28.8 Å². The van der Waals surface area contributed by atoms with Crippen molar-refractivity contribution in [1.29, 1.82) is 0 Å². The summed E-state index contributed by atoms with van der Waals surface area (Å²) in [5.41, 5.74) is 2.14. The minimum atomic E-state index is -0.320. The molecule has 2 nitrogen and oxygen atoms in total. The molecule has 0 fully saturated rings. The first-order valence-electron chi connectivity index (χ1n) is 4.18. The maximum atomic E-state index is 10.6. The average molecular weight is 197 g/mol. The van der Waals surface area contributed by atoms with Gasteiger partial charge in [0, 0.05) is 12.8 Å². The number of carbonyl (C=O) groups excluding carboxylic acids is 1. The Balaban J connectivity index is 2.25. The Hall–Kier alpha value is -1.02. The summed E-state index contributed by atoms with van der Waals surface area (Å²) in [5, 5.41) is -0.320. The Morgan fingerprint density at radius 2 is 2.38 bits per heavy atom. The third-order valence-corrected chi connectivity index (χ3v) is 2.23. The molecule has 0 saturated carbocycles. The number of hydrogen-bond donors (Lipinski definition) is 0. The van der Waals surface area contributed by atoms with Crippen molar-refractivity contribution >= 4 is 16.8 Å². The van der Waals surface area contributed by atoms with E-state index in [-0.39, 0.29) is 5.24 Å². The Kier molecular flexibility index (Phi) is 2.23. The quantitative estimate of drug-likeness (QED) is 0.676. The lowest BCUT2D eigenvalue weighted by Crippen LogP contribution is -1.93. The van der Waals surface area contributed by atoms with Crippen LogP contribution in [0.15, 0.2) is 18.2 Å². The first-order chi connectivity index (χ1) is 6.25. The summed E-state index contributed by atoms with van der Waals surface area (Å²) in [6, 6.07) is 5.77. The summed E-state index contributed by atoms with van der Waals surface area (Å²) in [6.45, 7) is 0.744. The van der Waals surface area contributed by atoms with Gasteiger partial charge in [-0.15, -0.1) is 0 Å². The molecule has 1 aliphatic rings. The standard InChI is InChI=1S/C10H9ClO2/c11-10(12)6-7-1-2-9-8(5-7)3-4-13-9/h1-2,5H,3-4,6H2. The molecule has 3 heteroatoms. The molecule has 13 heavy (non-hydrogen) atoms. The molecule has 1 aliphatic heterocycles. The summed E-state index contributed by atoms with van der Waals surface area (Å²) < 4.78 is 5.34. The van der Waals surface area contributed by atoms with E-state index < -0.39 is 0 Å². The lowest BCUT2D eigenvalue weighted by molar-refractivity contribution is -0.111. The second-order valence-electron chi connectivity index (χ2n) is 3.07. The summed E-state index contributed by atoms with van der Waals surface area (Å²) in [5.74, 6) is 0.936. The highest BCUT2D eigenvalue weighted by atomic mass is 35.5. The van der Waals surface area contributed by atoms with Crippen LogP contribution in [0, 0.1) is 0 Å². The van der Waals surface area contributed by atoms with Crippen LogP contribution in [-0.4, -0.2) is 11.8 Å². The molecule has 0 aromatic heterocycles. The lowest BCUT2D eigenvalue weighted by atomic mass is 10.1. The van der Waals surface area contributed by atoms with Crippen LogP contribution in [0.1, 0.15) is 11.1 Å². The Morgan fingerprint density at radius 1 is 1.54 bits per heavy atom. The molecule has 0 unspecified atom stereocenters. The highest BCUT2D eigenvalue weighted by Crippen LogP contribution is 2.26. The van der Waals surface area contributed by atoms with Gasteiger partial charge in [-0.2, -0.15) is 0 Å². The van der Waals surface area contributed by atoms with Crippen molar-refractivity contribution in [3.8, 4) is 5.75 Å². The van der Waals surface area contributed by atoms with E-state index in [1.165, 1.54) is 5.56 Å². The second-order valence-corrected chi connectivity index (χ2v) is 3.49. The van der Waals surface area contributed by atoms with Crippen LogP contribution in [0.2, 0.25) is 0 Å². The van der Waals surface area contributed by atoms with E-state index in [9.17, 15) is 4.79 Å². The van der Waals surface area contributed by atoms with E-state index in [1.54, 1.807) is 0 Å². The largest absolute Gasteiger partial charge is 0.493 e. The minimum absolute atomic E-state index is 0.300. The van der Waals surface area contributed by atoms with Gasteiger partial charge >= 0.3 is 0 Å². The van der Waals surface area contributed by atoms with Crippen LogP contribution in [0.25, 0.3) is 0 Å². The molecule has 2 rings (SSSR count). The minimum Gasteiger partial charge on any atom is -0.493 e. The van der Waals surface area contributed by atoms with Crippen LogP contribution in [0.3, 0.4) is 0 Å². The fraction of sp³-hybridized carbons (Fsp3) is 0.300. The molecule has 0 saturated heterocycles. The highest BCUT2D eigenvalue weighted by molar-refractivity contribution is 6.63. The van der Waals surface area contributed by atoms with Crippen molar-refractivity contribution in [2.24, 2.45) is 0 Å². The number of hydrogen-bond acceptors (Lipinski definition) is 2. The summed E-state index contributed by atoms with van der Waals surface area (Å²) in [7, 11) is 0. The molecular formula is C10H9ClO2. The van der Waals surface area contributed by atoms with Crippen molar-refractivity contribution in [2.75, 3.05) is 6.61 Å². The highest BCUT2D eigenvalue weighted by Gasteiger charge is 2.12. The van der Waals surface area contributed by atoms with Gasteiger partial charge in [-0.1, -0.05) is 12.1 Å². The molecule has 1 heterocycles. The van der Waals surface area contributed by atoms with Crippen LogP contribution < -0.4 is 4.74 Å². The van der Waals surface area contributed by atoms with Crippen LogP contribution in [0.4, 0.5) is 0 Å². The molecule has 0 N–H and O–H groups in total. The molecule has 1 aromatic rings. The summed E-state index contributed by atoms with van der Waals surface area (Å²) >= 11 is 5.29. The molecule has 0 atom stereocenters. The van der Waals surface area contributed by atoms with Gasteiger partial charge < -0.3 is 4.74 Å². The zero-order valence-electron chi connectivity index (χ0n) is 7.05. The molecule has 0 spiro atoms. The van der Waals surface area contributed by atoms with Gasteiger partial charge in [-0.3, -0.25) is 4.79 Å². The molecule has 0 bridgehead atoms. The molecule has 0 amide bonds. The normalized spacial score (nSPS) is 13.6. The van der Waals surface area contributed by atoms with E-state index in [0.717, 1.165) is 24.3 Å². The third kappa shape index (κ3) is 1.83. The van der Waals surface area contributed by atoms with Gasteiger partial charge in [0.05, 0.1) is 6.61 Å². The SMILES string of the molecule is O=C(Cl)Cc1ccc2c(c1)CCO2. The number of halogens is 1. The fourth-order valence-corrected chi connectivity index (χ4v) is 1.66. The molecular weight excluding hydrogens is 188 g/mol. The van der Waals surface area contributed by atoms with E-state index in [1.807, 2.05) is 18.2 Å². The Bertz CT molecular complexity index is 347. The summed E-state index contributed by atoms with van der Waals surface area (Å²) in [6.07, 6.45) is 1.23. The van der Waals surface area contributed by atoms with Gasteiger partial charge in [-0.25, -0.2) is 0 Å². The maximum absolute atomic E-state index is 10.6. The predicted molar refractivity (Wildman–Crippen MR) is 50.2 cm³/mol. The Labute approximate surface area is 81.5 Å². The first kappa shape index (κ1) is 8.57. The van der Waals surface area contributed by atoms with E-state index in [2.05, 4.69) is 0 Å². The van der Waals surface area contributed by atoms with E-state index in [4.69, 9.17) is 16.3 Å². The second kappa shape index (κ2) is 3.38.